The van der Waals surface area contributed by atoms with Crippen LogP contribution in [0.1, 0.15) is 66.3 Å². The number of carbonyl (C=O) groups is 1. The van der Waals surface area contributed by atoms with Crippen molar-refractivity contribution in [3.63, 3.8) is 0 Å². The van der Waals surface area contributed by atoms with Gasteiger partial charge in [0.05, 0.1) is 12.6 Å². The number of hydrogen-bond acceptors (Lipinski definition) is 3. The van der Waals surface area contributed by atoms with Crippen molar-refractivity contribution in [3.8, 4) is 0 Å². The average Bonchev–Trinajstić information content (AvgIpc) is 2.68. The number of carbonyl (C=O) groups excluding carboxylic acids is 1. The first-order valence-corrected chi connectivity index (χ1v) is 9.73. The Morgan fingerprint density at radius 2 is 1.89 bits per heavy atom. The summed E-state index contributed by atoms with van der Waals surface area (Å²) in [5.41, 5.74) is 2.66. The van der Waals surface area contributed by atoms with Gasteiger partial charge in [-0.05, 0) is 37.0 Å². The van der Waals surface area contributed by atoms with Gasteiger partial charge in [-0.25, -0.2) is 0 Å². The van der Waals surface area contributed by atoms with Crippen LogP contribution in [-0.2, 0) is 13.0 Å². The molecule has 1 unspecified atom stereocenters. The molecule has 1 aromatic carbocycles. The van der Waals surface area contributed by atoms with E-state index < -0.39 is 11.9 Å². The largest absolute Gasteiger partial charge is 0.394 e. The Morgan fingerprint density at radius 1 is 1.19 bits per heavy atom. The number of benzene rings is 1. The van der Waals surface area contributed by atoms with Crippen molar-refractivity contribution < 1.29 is 9.90 Å². The minimum absolute atomic E-state index is 0.137. The van der Waals surface area contributed by atoms with Gasteiger partial charge in [-0.15, -0.1) is 0 Å². The molecule has 1 atom stereocenters. The molecule has 2 N–H and O–H groups in total. The minimum Gasteiger partial charge on any atom is -0.394 e. The molecule has 0 aliphatic carbocycles. The number of hydrogen-bond donors (Lipinski definition) is 2. The molecule has 0 aliphatic rings. The molecule has 27 heavy (non-hydrogen) atoms. The van der Waals surface area contributed by atoms with Crippen LogP contribution in [0.2, 0.25) is 0 Å². The number of aryl methyl sites for hydroxylation is 1. The number of rotatable bonds is 9. The maximum Gasteiger partial charge on any atom is 0.263 e. The Labute approximate surface area is 161 Å². The summed E-state index contributed by atoms with van der Waals surface area (Å²) >= 11 is 0. The van der Waals surface area contributed by atoms with E-state index >= 15 is 0 Å². The van der Waals surface area contributed by atoms with E-state index in [1.54, 1.807) is 10.6 Å². The van der Waals surface area contributed by atoms with Crippen molar-refractivity contribution in [2.75, 3.05) is 6.61 Å². The second-order valence-corrected chi connectivity index (χ2v) is 6.87. The zero-order valence-corrected chi connectivity index (χ0v) is 16.5. The van der Waals surface area contributed by atoms with Crippen molar-refractivity contribution in [1.29, 1.82) is 0 Å². The normalized spacial score (nSPS) is 12.0. The highest BCUT2D eigenvalue weighted by atomic mass is 16.3. The van der Waals surface area contributed by atoms with E-state index in [0.717, 1.165) is 42.5 Å². The molecule has 0 fully saturated rings. The maximum absolute atomic E-state index is 13.0. The quantitative estimate of drug-likeness (QED) is 0.711. The van der Waals surface area contributed by atoms with Crippen LogP contribution >= 0.6 is 0 Å². The molecule has 0 saturated heterocycles. The van der Waals surface area contributed by atoms with Gasteiger partial charge in [-0.1, -0.05) is 57.0 Å². The van der Waals surface area contributed by atoms with Crippen molar-refractivity contribution >= 4 is 5.91 Å². The van der Waals surface area contributed by atoms with Gasteiger partial charge < -0.3 is 15.0 Å². The van der Waals surface area contributed by atoms with Gasteiger partial charge in [0.15, 0.2) is 0 Å². The SMILES string of the molecule is CCCCn1c(CCC)c(C)cc(C(=O)NC(CO)c2ccccc2)c1=O. The lowest BCUT2D eigenvalue weighted by Gasteiger charge is -2.19. The highest BCUT2D eigenvalue weighted by Gasteiger charge is 2.20. The minimum atomic E-state index is -0.544. The number of aliphatic hydroxyl groups is 1. The highest BCUT2D eigenvalue weighted by Crippen LogP contribution is 2.15. The molecule has 0 aliphatic heterocycles. The van der Waals surface area contributed by atoms with Gasteiger partial charge in [-0.2, -0.15) is 0 Å². The number of unbranched alkanes of at least 4 members (excludes halogenated alkanes) is 1. The fourth-order valence-corrected chi connectivity index (χ4v) is 3.28. The lowest BCUT2D eigenvalue weighted by molar-refractivity contribution is 0.0914. The zero-order valence-electron chi connectivity index (χ0n) is 16.5. The molecule has 1 amide bonds. The summed E-state index contributed by atoms with van der Waals surface area (Å²) in [4.78, 5) is 25.8. The number of amides is 1. The van der Waals surface area contributed by atoms with E-state index in [9.17, 15) is 14.7 Å². The van der Waals surface area contributed by atoms with Crippen molar-refractivity contribution in [2.24, 2.45) is 0 Å². The summed E-state index contributed by atoms with van der Waals surface area (Å²) in [5, 5.41) is 12.5. The van der Waals surface area contributed by atoms with Crippen LogP contribution in [0.4, 0.5) is 0 Å². The van der Waals surface area contributed by atoms with Crippen molar-refractivity contribution in [2.45, 2.75) is 59.0 Å². The Morgan fingerprint density at radius 3 is 2.48 bits per heavy atom. The third-order valence-corrected chi connectivity index (χ3v) is 4.77. The van der Waals surface area contributed by atoms with Crippen molar-refractivity contribution in [3.05, 3.63) is 69.1 Å². The van der Waals surface area contributed by atoms with Crippen LogP contribution in [0.15, 0.2) is 41.2 Å². The standard InChI is InChI=1S/C22H30N2O3/c1-4-6-13-24-20(10-5-2)16(3)14-18(22(24)27)21(26)23-19(15-25)17-11-8-7-9-12-17/h7-9,11-12,14,19,25H,4-6,10,13,15H2,1-3H3,(H,23,26). The number of aliphatic hydroxyl groups excluding tert-OH is 1. The van der Waals surface area contributed by atoms with Gasteiger partial charge in [0.2, 0.25) is 0 Å². The third-order valence-electron chi connectivity index (χ3n) is 4.77. The van der Waals surface area contributed by atoms with Gasteiger partial charge in [0.1, 0.15) is 5.56 Å². The molecular weight excluding hydrogens is 340 g/mol. The van der Waals surface area contributed by atoms with E-state index in [4.69, 9.17) is 0 Å². The summed E-state index contributed by atoms with van der Waals surface area (Å²) < 4.78 is 1.76. The van der Waals surface area contributed by atoms with E-state index in [1.165, 1.54) is 0 Å². The van der Waals surface area contributed by atoms with Crippen LogP contribution in [-0.4, -0.2) is 22.2 Å². The number of nitrogens with one attached hydrogen (secondary N) is 1. The molecule has 1 heterocycles. The van der Waals surface area contributed by atoms with Crippen LogP contribution < -0.4 is 10.9 Å². The predicted molar refractivity (Wildman–Crippen MR) is 108 cm³/mol. The fraction of sp³-hybridized carbons (Fsp3) is 0.455. The molecule has 5 heteroatoms. The van der Waals surface area contributed by atoms with Crippen LogP contribution in [0.25, 0.3) is 0 Å². The van der Waals surface area contributed by atoms with E-state index in [0.29, 0.717) is 6.54 Å². The maximum atomic E-state index is 13.0. The molecule has 0 radical (unpaired) electrons. The summed E-state index contributed by atoms with van der Waals surface area (Å²) in [7, 11) is 0. The predicted octanol–water partition coefficient (Wildman–Crippen LogP) is 3.37. The van der Waals surface area contributed by atoms with Crippen molar-refractivity contribution in [1.82, 2.24) is 9.88 Å². The first-order valence-electron chi connectivity index (χ1n) is 9.73. The average molecular weight is 370 g/mol. The van der Waals surface area contributed by atoms with Gasteiger partial charge in [-0.3, -0.25) is 9.59 Å². The Hall–Kier alpha value is -2.40. The molecule has 146 valence electrons. The van der Waals surface area contributed by atoms with Gasteiger partial charge >= 0.3 is 0 Å². The second kappa shape index (κ2) is 10.1. The molecular formula is C22H30N2O3. The van der Waals surface area contributed by atoms with Gasteiger partial charge in [0, 0.05) is 12.2 Å². The van der Waals surface area contributed by atoms with E-state index in [2.05, 4.69) is 19.2 Å². The van der Waals surface area contributed by atoms with Crippen LogP contribution in [0, 0.1) is 6.92 Å². The lowest BCUT2D eigenvalue weighted by atomic mass is 10.0. The summed E-state index contributed by atoms with van der Waals surface area (Å²) in [6.45, 7) is 6.51. The molecule has 2 aromatic rings. The highest BCUT2D eigenvalue weighted by molar-refractivity contribution is 5.94. The molecule has 0 spiro atoms. The topological polar surface area (TPSA) is 71.3 Å². The van der Waals surface area contributed by atoms with E-state index in [-0.39, 0.29) is 17.7 Å². The number of pyridine rings is 1. The molecule has 2 rings (SSSR count). The summed E-state index contributed by atoms with van der Waals surface area (Å²) in [5.74, 6) is -0.445. The third kappa shape index (κ3) is 5.07. The first kappa shape index (κ1) is 20.9. The van der Waals surface area contributed by atoms with Crippen LogP contribution in [0.3, 0.4) is 0 Å². The first-order chi connectivity index (χ1) is 13.0. The molecule has 0 bridgehead atoms. The van der Waals surface area contributed by atoms with Crippen LogP contribution in [0.5, 0.6) is 0 Å². The smallest absolute Gasteiger partial charge is 0.263 e. The second-order valence-electron chi connectivity index (χ2n) is 6.87. The zero-order chi connectivity index (χ0) is 19.8. The van der Waals surface area contributed by atoms with Gasteiger partial charge in [0.25, 0.3) is 11.5 Å². The summed E-state index contributed by atoms with van der Waals surface area (Å²) in [6, 6.07) is 10.4. The Kier molecular flexibility index (Phi) is 7.80. The number of nitrogens with zero attached hydrogens (tertiary/aromatic N) is 1. The molecule has 0 saturated carbocycles. The fourth-order valence-electron chi connectivity index (χ4n) is 3.28. The molecule has 1 aromatic heterocycles. The monoisotopic (exact) mass is 370 g/mol. The lowest BCUT2D eigenvalue weighted by Crippen LogP contribution is -2.37. The van der Waals surface area contributed by atoms with E-state index in [1.807, 2.05) is 37.3 Å². The Bertz CT molecular complexity index is 812. The number of aromatic nitrogens is 1. The Balaban J connectivity index is 2.37. The molecule has 5 nitrogen and oxygen atoms in total. The summed E-state index contributed by atoms with van der Waals surface area (Å²) in [6.07, 6.45) is 3.63.